The third kappa shape index (κ3) is 3.27. The average molecular weight is 441 g/mol. The Hall–Kier alpha value is -2.44. The molecule has 0 saturated carbocycles. The molecule has 2 aliphatic rings. The van der Waals surface area contributed by atoms with E-state index >= 15 is 0 Å². The number of hydrogen-bond donors (Lipinski definition) is 0. The molecule has 6 heteroatoms. The van der Waals surface area contributed by atoms with Gasteiger partial charge in [-0.15, -0.1) is 0 Å². The molecule has 0 radical (unpaired) electrons. The van der Waals surface area contributed by atoms with E-state index < -0.39 is 0 Å². The molecule has 0 aliphatic carbocycles. The molecule has 2 aliphatic heterocycles. The zero-order valence-electron chi connectivity index (χ0n) is 15.9. The van der Waals surface area contributed by atoms with E-state index in [4.69, 9.17) is 4.74 Å². The highest BCUT2D eigenvalue weighted by molar-refractivity contribution is 9.10. The van der Waals surface area contributed by atoms with Gasteiger partial charge in [0.05, 0.1) is 24.5 Å². The summed E-state index contributed by atoms with van der Waals surface area (Å²) in [6, 6.07) is 13.2. The van der Waals surface area contributed by atoms with Crippen LogP contribution in [-0.4, -0.2) is 43.0 Å². The fourth-order valence-electron chi connectivity index (χ4n) is 3.76. The molecule has 2 heterocycles. The van der Waals surface area contributed by atoms with Gasteiger partial charge in [-0.1, -0.05) is 39.7 Å². The smallest absolute Gasteiger partial charge is 0.282 e. The summed E-state index contributed by atoms with van der Waals surface area (Å²) in [6.07, 6.45) is 0. The number of ether oxygens (including phenoxy) is 1. The topological polar surface area (TPSA) is 49.9 Å². The van der Waals surface area contributed by atoms with Crippen LogP contribution >= 0.6 is 15.9 Å². The molecule has 28 heavy (non-hydrogen) atoms. The predicted molar refractivity (Wildman–Crippen MR) is 112 cm³/mol. The van der Waals surface area contributed by atoms with Crippen molar-refractivity contribution in [1.29, 1.82) is 0 Å². The van der Waals surface area contributed by atoms with Gasteiger partial charge in [-0.25, -0.2) is 4.90 Å². The Kier molecular flexibility index (Phi) is 5.08. The van der Waals surface area contributed by atoms with Gasteiger partial charge in [0.2, 0.25) is 0 Å². The summed E-state index contributed by atoms with van der Waals surface area (Å²) in [5, 5.41) is 0. The fourth-order valence-corrected chi connectivity index (χ4v) is 4.02. The zero-order valence-corrected chi connectivity index (χ0v) is 17.5. The molecule has 1 fully saturated rings. The first-order valence-corrected chi connectivity index (χ1v) is 10.1. The normalized spacial score (nSPS) is 17.7. The number of carbonyl (C=O) groups excluding carboxylic acids is 2. The van der Waals surface area contributed by atoms with Crippen LogP contribution in [0.4, 0.5) is 5.69 Å². The largest absolute Gasteiger partial charge is 0.378 e. The van der Waals surface area contributed by atoms with Crippen LogP contribution in [0.1, 0.15) is 16.7 Å². The summed E-state index contributed by atoms with van der Waals surface area (Å²) >= 11 is 3.40. The minimum atomic E-state index is -0.277. The minimum absolute atomic E-state index is 0.274. The Morgan fingerprint density at radius 2 is 1.61 bits per heavy atom. The van der Waals surface area contributed by atoms with Crippen LogP contribution in [0.2, 0.25) is 0 Å². The van der Waals surface area contributed by atoms with Crippen molar-refractivity contribution in [2.75, 3.05) is 31.2 Å². The fraction of sp³-hybridized carbons (Fsp3) is 0.273. The van der Waals surface area contributed by atoms with E-state index in [1.165, 1.54) is 4.90 Å². The first kappa shape index (κ1) is 18.9. The summed E-state index contributed by atoms with van der Waals surface area (Å²) in [6.45, 7) is 6.27. The van der Waals surface area contributed by atoms with Crippen LogP contribution in [-0.2, 0) is 14.3 Å². The molecule has 4 rings (SSSR count). The van der Waals surface area contributed by atoms with E-state index in [1.54, 1.807) is 12.1 Å². The number of hydrogen-bond acceptors (Lipinski definition) is 4. The number of benzene rings is 2. The Morgan fingerprint density at radius 3 is 2.25 bits per heavy atom. The SMILES string of the molecule is Cc1ccc(C2=C(N3CCOCC3)C(=O)N(c3ccc(Br)cc3)C2=O)c(C)c1. The van der Waals surface area contributed by atoms with Gasteiger partial charge in [0.25, 0.3) is 11.8 Å². The monoisotopic (exact) mass is 440 g/mol. The van der Waals surface area contributed by atoms with Crippen LogP contribution < -0.4 is 4.90 Å². The molecule has 0 unspecified atom stereocenters. The van der Waals surface area contributed by atoms with E-state index in [0.29, 0.717) is 43.3 Å². The molecular formula is C22H21BrN2O3. The Labute approximate surface area is 172 Å². The average Bonchev–Trinajstić information content (AvgIpc) is 2.94. The predicted octanol–water partition coefficient (Wildman–Crippen LogP) is 3.68. The van der Waals surface area contributed by atoms with E-state index in [0.717, 1.165) is 21.2 Å². The summed E-state index contributed by atoms with van der Waals surface area (Å²) in [4.78, 5) is 30.2. The lowest BCUT2D eigenvalue weighted by molar-refractivity contribution is -0.121. The van der Waals surface area contributed by atoms with Crippen molar-refractivity contribution in [3.63, 3.8) is 0 Å². The molecule has 1 saturated heterocycles. The number of amides is 2. The van der Waals surface area contributed by atoms with Gasteiger partial charge < -0.3 is 9.64 Å². The maximum absolute atomic E-state index is 13.5. The number of aryl methyl sites for hydroxylation is 2. The number of imide groups is 1. The highest BCUT2D eigenvalue weighted by Crippen LogP contribution is 2.36. The summed E-state index contributed by atoms with van der Waals surface area (Å²) in [5.74, 6) is -0.551. The lowest BCUT2D eigenvalue weighted by Crippen LogP contribution is -2.40. The number of morpholine rings is 1. The van der Waals surface area contributed by atoms with Gasteiger partial charge in [-0.2, -0.15) is 0 Å². The number of halogens is 1. The Morgan fingerprint density at radius 1 is 0.929 bits per heavy atom. The van der Waals surface area contributed by atoms with Crippen molar-refractivity contribution in [3.8, 4) is 0 Å². The standard InChI is InChI=1S/C22H21BrN2O3/c1-14-3-8-18(15(2)13-14)19-20(24-9-11-28-12-10-24)22(27)25(21(19)26)17-6-4-16(23)5-7-17/h3-8,13H,9-12H2,1-2H3. The molecule has 0 bridgehead atoms. The quantitative estimate of drug-likeness (QED) is 0.682. The van der Waals surface area contributed by atoms with Crippen LogP contribution in [0.3, 0.4) is 0 Å². The lowest BCUT2D eigenvalue weighted by Gasteiger charge is -2.29. The third-order valence-corrected chi connectivity index (χ3v) is 5.65. The van der Waals surface area contributed by atoms with Crippen molar-refractivity contribution >= 4 is 39.0 Å². The molecule has 0 spiro atoms. The van der Waals surface area contributed by atoms with E-state index in [9.17, 15) is 9.59 Å². The molecular weight excluding hydrogens is 420 g/mol. The molecule has 0 atom stereocenters. The summed E-state index contributed by atoms with van der Waals surface area (Å²) < 4.78 is 6.34. The second kappa shape index (κ2) is 7.53. The van der Waals surface area contributed by atoms with Crippen LogP contribution in [0.25, 0.3) is 5.57 Å². The maximum atomic E-state index is 13.5. The van der Waals surface area contributed by atoms with Gasteiger partial charge in [-0.05, 0) is 49.2 Å². The van der Waals surface area contributed by atoms with Gasteiger partial charge >= 0.3 is 0 Å². The van der Waals surface area contributed by atoms with Crippen molar-refractivity contribution in [1.82, 2.24) is 4.90 Å². The molecule has 0 aromatic heterocycles. The third-order valence-electron chi connectivity index (χ3n) is 5.12. The second-order valence-electron chi connectivity index (χ2n) is 7.06. The molecule has 0 N–H and O–H groups in total. The van der Waals surface area contributed by atoms with E-state index in [-0.39, 0.29) is 11.8 Å². The van der Waals surface area contributed by atoms with Crippen molar-refractivity contribution in [2.45, 2.75) is 13.8 Å². The zero-order chi connectivity index (χ0) is 19.8. The minimum Gasteiger partial charge on any atom is -0.378 e. The van der Waals surface area contributed by atoms with Crippen molar-refractivity contribution < 1.29 is 14.3 Å². The molecule has 2 amide bonds. The number of carbonyl (C=O) groups is 2. The van der Waals surface area contributed by atoms with Gasteiger partial charge in [-0.3, -0.25) is 9.59 Å². The lowest BCUT2D eigenvalue weighted by atomic mass is 9.97. The molecule has 5 nitrogen and oxygen atoms in total. The van der Waals surface area contributed by atoms with E-state index in [2.05, 4.69) is 15.9 Å². The first-order chi connectivity index (χ1) is 13.5. The number of nitrogens with zero attached hydrogens (tertiary/aromatic N) is 2. The van der Waals surface area contributed by atoms with Crippen LogP contribution in [0.15, 0.2) is 52.6 Å². The van der Waals surface area contributed by atoms with Crippen LogP contribution in [0.5, 0.6) is 0 Å². The first-order valence-electron chi connectivity index (χ1n) is 9.26. The van der Waals surface area contributed by atoms with Gasteiger partial charge in [0, 0.05) is 17.6 Å². The molecule has 2 aromatic carbocycles. The molecule has 2 aromatic rings. The van der Waals surface area contributed by atoms with Gasteiger partial charge in [0.1, 0.15) is 5.70 Å². The maximum Gasteiger partial charge on any atom is 0.282 e. The number of rotatable bonds is 3. The van der Waals surface area contributed by atoms with Gasteiger partial charge in [0.15, 0.2) is 0 Å². The second-order valence-corrected chi connectivity index (χ2v) is 7.98. The highest BCUT2D eigenvalue weighted by Gasteiger charge is 2.43. The summed E-state index contributed by atoms with van der Waals surface area (Å²) in [7, 11) is 0. The Bertz CT molecular complexity index is 976. The molecule has 144 valence electrons. The van der Waals surface area contributed by atoms with Crippen molar-refractivity contribution in [3.05, 3.63) is 69.3 Å². The van der Waals surface area contributed by atoms with E-state index in [1.807, 2.05) is 49.1 Å². The Balaban J connectivity index is 1.85. The highest BCUT2D eigenvalue weighted by atomic mass is 79.9. The number of anilines is 1. The van der Waals surface area contributed by atoms with Crippen molar-refractivity contribution in [2.24, 2.45) is 0 Å². The summed E-state index contributed by atoms with van der Waals surface area (Å²) in [5.41, 5.74) is 4.44. The van der Waals surface area contributed by atoms with Crippen LogP contribution in [0, 0.1) is 13.8 Å².